The van der Waals surface area contributed by atoms with Crippen LogP contribution in [0.1, 0.15) is 19.4 Å². The van der Waals surface area contributed by atoms with Crippen LogP contribution in [0.25, 0.3) is 10.9 Å². The molecule has 3 rings (SSSR count). The van der Waals surface area contributed by atoms with Crippen LogP contribution in [0.3, 0.4) is 0 Å². The second-order valence-electron chi connectivity index (χ2n) is 5.85. The Morgan fingerprint density at radius 3 is 2.77 bits per heavy atom. The average molecular weight is 350 g/mol. The monoisotopic (exact) mass is 350 g/mol. The van der Waals surface area contributed by atoms with Gasteiger partial charge >= 0.3 is 0 Å². The number of hydrogen-bond acceptors (Lipinski definition) is 4. The Morgan fingerprint density at radius 2 is 2.00 bits per heavy atom. The Labute approximate surface area is 152 Å². The van der Waals surface area contributed by atoms with Crippen molar-refractivity contribution in [1.29, 1.82) is 0 Å². The molecule has 3 N–H and O–H groups in total. The molecule has 26 heavy (non-hydrogen) atoms. The molecule has 1 atom stereocenters. The molecule has 1 amide bonds. The number of nitrogens with zero attached hydrogens (tertiary/aromatic N) is 1. The summed E-state index contributed by atoms with van der Waals surface area (Å²) in [4.78, 5) is 15.4. The van der Waals surface area contributed by atoms with Crippen molar-refractivity contribution in [3.05, 3.63) is 60.3 Å². The highest BCUT2D eigenvalue weighted by Gasteiger charge is 2.11. The number of carbonyl (C=O) groups is 1. The highest BCUT2D eigenvalue weighted by atomic mass is 16.5. The van der Waals surface area contributed by atoms with Gasteiger partial charge in [-0.2, -0.15) is 5.10 Å². The summed E-state index contributed by atoms with van der Waals surface area (Å²) in [7, 11) is 0. The first kappa shape index (κ1) is 17.5. The number of H-pyrrole nitrogens is 1. The van der Waals surface area contributed by atoms with Crippen LogP contribution in [0, 0.1) is 0 Å². The summed E-state index contributed by atoms with van der Waals surface area (Å²) in [5.41, 5.74) is 5.37. The van der Waals surface area contributed by atoms with Crippen LogP contribution in [-0.2, 0) is 4.79 Å². The fourth-order valence-electron chi connectivity index (χ4n) is 2.59. The minimum Gasteiger partial charge on any atom is -0.494 e. The van der Waals surface area contributed by atoms with E-state index in [2.05, 4.69) is 20.8 Å². The standard InChI is InChI=1S/C20H22N4O2/c1-3-26-17-10-8-16(9-11-17)23-14(2)20(25)24-22-13-15-12-21-19-7-5-4-6-18(15)19/h4-14,21,23H,3H2,1-2H3,(H,24,25)/b22-13-/t14-/m0/s1. The van der Waals surface area contributed by atoms with Crippen LogP contribution in [0.2, 0.25) is 0 Å². The van der Waals surface area contributed by atoms with Crippen LogP contribution in [-0.4, -0.2) is 29.8 Å². The number of nitrogens with one attached hydrogen (secondary N) is 3. The Morgan fingerprint density at radius 1 is 1.23 bits per heavy atom. The second kappa shape index (κ2) is 8.20. The van der Waals surface area contributed by atoms with Crippen molar-refractivity contribution in [1.82, 2.24) is 10.4 Å². The lowest BCUT2D eigenvalue weighted by Gasteiger charge is -2.13. The lowest BCUT2D eigenvalue weighted by molar-refractivity contribution is -0.121. The number of aromatic nitrogens is 1. The largest absolute Gasteiger partial charge is 0.494 e. The van der Waals surface area contributed by atoms with E-state index in [4.69, 9.17) is 4.74 Å². The van der Waals surface area contributed by atoms with E-state index in [-0.39, 0.29) is 5.91 Å². The fraction of sp³-hybridized carbons (Fsp3) is 0.200. The number of hydrogen-bond donors (Lipinski definition) is 3. The van der Waals surface area contributed by atoms with Gasteiger partial charge in [0.25, 0.3) is 5.91 Å². The summed E-state index contributed by atoms with van der Waals surface area (Å²) in [5.74, 6) is 0.591. The van der Waals surface area contributed by atoms with Gasteiger partial charge < -0.3 is 15.0 Å². The molecule has 2 aromatic carbocycles. The normalized spacial score (nSPS) is 12.2. The van der Waals surface area contributed by atoms with Gasteiger partial charge in [0.05, 0.1) is 12.8 Å². The molecule has 0 radical (unpaired) electrons. The average Bonchev–Trinajstić information content (AvgIpc) is 3.07. The number of ether oxygens (including phenoxy) is 1. The number of benzene rings is 2. The van der Waals surface area contributed by atoms with Gasteiger partial charge in [-0.1, -0.05) is 18.2 Å². The molecule has 6 nitrogen and oxygen atoms in total. The lowest BCUT2D eigenvalue weighted by atomic mass is 10.2. The molecule has 0 saturated carbocycles. The van der Waals surface area contributed by atoms with Crippen molar-refractivity contribution in [2.45, 2.75) is 19.9 Å². The molecule has 0 aliphatic heterocycles. The molecule has 134 valence electrons. The van der Waals surface area contributed by atoms with Gasteiger partial charge in [0, 0.05) is 28.4 Å². The molecule has 0 saturated heterocycles. The topological polar surface area (TPSA) is 78.5 Å². The Balaban J connectivity index is 1.55. The second-order valence-corrected chi connectivity index (χ2v) is 5.85. The molecule has 3 aromatic rings. The minimum absolute atomic E-state index is 0.213. The molecule has 0 aliphatic carbocycles. The van der Waals surface area contributed by atoms with E-state index < -0.39 is 6.04 Å². The van der Waals surface area contributed by atoms with Gasteiger partial charge in [-0.25, -0.2) is 5.43 Å². The summed E-state index contributed by atoms with van der Waals surface area (Å²) in [6.07, 6.45) is 3.50. The Hall–Kier alpha value is -3.28. The van der Waals surface area contributed by atoms with Crippen LogP contribution >= 0.6 is 0 Å². The highest BCUT2D eigenvalue weighted by molar-refractivity contribution is 5.99. The number of carbonyl (C=O) groups excluding carboxylic acids is 1. The Kier molecular flexibility index (Phi) is 5.53. The van der Waals surface area contributed by atoms with Gasteiger partial charge in [-0.05, 0) is 44.2 Å². The van der Waals surface area contributed by atoms with Crippen molar-refractivity contribution >= 4 is 28.7 Å². The molecule has 6 heteroatoms. The van der Waals surface area contributed by atoms with Crippen LogP contribution in [0.5, 0.6) is 5.75 Å². The predicted molar refractivity (Wildman–Crippen MR) is 105 cm³/mol. The summed E-state index contributed by atoms with van der Waals surface area (Å²) >= 11 is 0. The number of anilines is 1. The molecule has 0 unspecified atom stereocenters. The summed E-state index contributed by atoms with van der Waals surface area (Å²) in [6, 6.07) is 15.0. The summed E-state index contributed by atoms with van der Waals surface area (Å²) in [5, 5.41) is 8.26. The lowest BCUT2D eigenvalue weighted by Crippen LogP contribution is -2.34. The molecule has 0 spiro atoms. The maximum Gasteiger partial charge on any atom is 0.262 e. The van der Waals surface area contributed by atoms with E-state index >= 15 is 0 Å². The highest BCUT2D eigenvalue weighted by Crippen LogP contribution is 2.17. The minimum atomic E-state index is -0.423. The predicted octanol–water partition coefficient (Wildman–Crippen LogP) is 3.52. The molecular formula is C20H22N4O2. The van der Waals surface area contributed by atoms with Gasteiger partial charge in [-0.3, -0.25) is 4.79 Å². The molecule has 1 aromatic heterocycles. The summed E-state index contributed by atoms with van der Waals surface area (Å²) in [6.45, 7) is 4.35. The zero-order valence-electron chi connectivity index (χ0n) is 14.8. The van der Waals surface area contributed by atoms with Gasteiger partial charge in [0.15, 0.2) is 0 Å². The van der Waals surface area contributed by atoms with Crippen LogP contribution in [0.15, 0.2) is 59.8 Å². The first-order chi connectivity index (χ1) is 12.7. The number of amides is 1. The number of rotatable bonds is 7. The third-order valence-corrected chi connectivity index (χ3v) is 3.94. The molecule has 0 bridgehead atoms. The first-order valence-electron chi connectivity index (χ1n) is 8.56. The fourth-order valence-corrected chi connectivity index (χ4v) is 2.59. The summed E-state index contributed by atoms with van der Waals surface area (Å²) < 4.78 is 5.40. The van der Waals surface area contributed by atoms with Crippen molar-refractivity contribution in [2.24, 2.45) is 5.10 Å². The van der Waals surface area contributed by atoms with E-state index in [0.717, 1.165) is 27.9 Å². The van der Waals surface area contributed by atoms with Gasteiger partial charge in [0.2, 0.25) is 0 Å². The molecule has 0 aliphatic rings. The van der Waals surface area contributed by atoms with Crippen LogP contribution < -0.4 is 15.5 Å². The van der Waals surface area contributed by atoms with E-state index in [1.807, 2.05) is 61.7 Å². The Bertz CT molecular complexity index is 900. The third kappa shape index (κ3) is 4.22. The van der Waals surface area contributed by atoms with E-state index in [1.54, 1.807) is 13.1 Å². The quantitative estimate of drug-likeness (QED) is 0.451. The third-order valence-electron chi connectivity index (χ3n) is 3.94. The number of para-hydroxylation sites is 1. The van der Waals surface area contributed by atoms with Crippen LogP contribution in [0.4, 0.5) is 5.69 Å². The van der Waals surface area contributed by atoms with Gasteiger partial charge in [0.1, 0.15) is 11.8 Å². The maximum atomic E-state index is 12.2. The van der Waals surface area contributed by atoms with E-state index in [0.29, 0.717) is 6.61 Å². The first-order valence-corrected chi connectivity index (χ1v) is 8.56. The van der Waals surface area contributed by atoms with E-state index in [9.17, 15) is 4.79 Å². The van der Waals surface area contributed by atoms with Crippen molar-refractivity contribution in [3.8, 4) is 5.75 Å². The number of aromatic amines is 1. The molecule has 1 heterocycles. The van der Waals surface area contributed by atoms with Crippen molar-refractivity contribution in [2.75, 3.05) is 11.9 Å². The van der Waals surface area contributed by atoms with Crippen molar-refractivity contribution in [3.63, 3.8) is 0 Å². The number of fused-ring (bicyclic) bond motifs is 1. The van der Waals surface area contributed by atoms with Gasteiger partial charge in [-0.15, -0.1) is 0 Å². The zero-order valence-corrected chi connectivity index (χ0v) is 14.8. The molecule has 0 fully saturated rings. The van der Waals surface area contributed by atoms with E-state index in [1.165, 1.54) is 0 Å². The zero-order chi connectivity index (χ0) is 18.4. The smallest absolute Gasteiger partial charge is 0.262 e. The number of hydrazone groups is 1. The SMILES string of the molecule is CCOc1ccc(N[C@@H](C)C(=O)N/N=C\c2c[nH]c3ccccc23)cc1. The van der Waals surface area contributed by atoms with Crippen molar-refractivity contribution < 1.29 is 9.53 Å². The molecular weight excluding hydrogens is 328 g/mol. The maximum absolute atomic E-state index is 12.2.